The third-order valence-corrected chi connectivity index (χ3v) is 3.60. The molecule has 0 aliphatic carbocycles. The highest BCUT2D eigenvalue weighted by Crippen LogP contribution is 2.11. The Morgan fingerprint density at radius 1 is 1.18 bits per heavy atom. The molecular formula is C14H19FOS. The summed E-state index contributed by atoms with van der Waals surface area (Å²) in [6.45, 7) is 2.18. The molecule has 0 N–H and O–H groups in total. The van der Waals surface area contributed by atoms with Crippen LogP contribution in [0.3, 0.4) is 0 Å². The zero-order chi connectivity index (χ0) is 12.5. The lowest BCUT2D eigenvalue weighted by atomic mass is 10.1. The van der Waals surface area contributed by atoms with E-state index < -0.39 is 0 Å². The molecule has 0 aliphatic heterocycles. The van der Waals surface area contributed by atoms with Crippen LogP contribution in [-0.4, -0.2) is 17.3 Å². The maximum absolute atomic E-state index is 12.7. The normalized spacial score (nSPS) is 10.5. The Morgan fingerprint density at radius 3 is 2.53 bits per heavy atom. The van der Waals surface area contributed by atoms with Crippen LogP contribution in [0.25, 0.3) is 0 Å². The van der Waals surface area contributed by atoms with Crippen molar-refractivity contribution in [1.29, 1.82) is 0 Å². The molecule has 0 aromatic heterocycles. The molecule has 3 heteroatoms. The number of rotatable bonds is 8. The highest BCUT2D eigenvalue weighted by atomic mass is 32.2. The van der Waals surface area contributed by atoms with Crippen molar-refractivity contribution in [2.45, 2.75) is 32.6 Å². The molecule has 94 valence electrons. The summed E-state index contributed by atoms with van der Waals surface area (Å²) in [6, 6.07) is 5.78. The predicted molar refractivity (Wildman–Crippen MR) is 72.2 cm³/mol. The van der Waals surface area contributed by atoms with Crippen LogP contribution < -0.4 is 0 Å². The summed E-state index contributed by atoms with van der Waals surface area (Å²) in [5.74, 6) is 1.80. The zero-order valence-corrected chi connectivity index (χ0v) is 11.1. The largest absolute Gasteiger partial charge is 0.294 e. The highest BCUT2D eigenvalue weighted by molar-refractivity contribution is 7.99. The maximum Gasteiger partial charge on any atom is 0.163 e. The number of carbonyl (C=O) groups excluding carboxylic acids is 1. The average Bonchev–Trinajstić information content (AvgIpc) is 2.34. The lowest BCUT2D eigenvalue weighted by molar-refractivity contribution is 0.0989. The van der Waals surface area contributed by atoms with E-state index in [9.17, 15) is 9.18 Å². The lowest BCUT2D eigenvalue weighted by Crippen LogP contribution is -2.00. The van der Waals surface area contributed by atoms with Crippen LogP contribution in [0.4, 0.5) is 4.39 Å². The minimum absolute atomic E-state index is 0.105. The molecule has 0 amide bonds. The first-order valence-corrected chi connectivity index (χ1v) is 7.26. The minimum Gasteiger partial charge on any atom is -0.294 e. The van der Waals surface area contributed by atoms with Gasteiger partial charge in [-0.25, -0.2) is 4.39 Å². The third-order valence-electron chi connectivity index (χ3n) is 2.53. The maximum atomic E-state index is 12.7. The Balaban J connectivity index is 2.19. The lowest BCUT2D eigenvalue weighted by Gasteiger charge is -2.01. The molecule has 1 nitrogen and oxygen atoms in total. The fraction of sp³-hybridized carbons (Fsp3) is 0.500. The molecule has 0 saturated carbocycles. The van der Waals surface area contributed by atoms with Gasteiger partial charge in [-0.05, 0) is 36.4 Å². The molecule has 0 aliphatic rings. The van der Waals surface area contributed by atoms with Crippen LogP contribution in [0, 0.1) is 5.82 Å². The molecular weight excluding hydrogens is 235 g/mol. The van der Waals surface area contributed by atoms with Crippen molar-refractivity contribution in [3.05, 3.63) is 35.6 Å². The summed E-state index contributed by atoms with van der Waals surface area (Å²) in [7, 11) is 0. The number of ketones is 1. The molecule has 0 unspecified atom stereocenters. The SMILES string of the molecule is CCCCCSCCC(=O)c1ccc(F)cc1. The molecule has 0 bridgehead atoms. The molecule has 0 saturated heterocycles. The van der Waals surface area contributed by atoms with Crippen LogP contribution in [0.15, 0.2) is 24.3 Å². The number of hydrogen-bond donors (Lipinski definition) is 0. The van der Waals surface area contributed by atoms with E-state index in [0.29, 0.717) is 12.0 Å². The fourth-order valence-electron chi connectivity index (χ4n) is 1.50. The van der Waals surface area contributed by atoms with Gasteiger partial charge < -0.3 is 0 Å². The number of halogens is 1. The number of carbonyl (C=O) groups is 1. The Hall–Kier alpha value is -0.830. The molecule has 0 radical (unpaired) electrons. The van der Waals surface area contributed by atoms with Crippen molar-refractivity contribution < 1.29 is 9.18 Å². The van der Waals surface area contributed by atoms with Gasteiger partial charge >= 0.3 is 0 Å². The topological polar surface area (TPSA) is 17.1 Å². The van der Waals surface area contributed by atoms with Crippen LogP contribution in [0.5, 0.6) is 0 Å². The smallest absolute Gasteiger partial charge is 0.163 e. The van der Waals surface area contributed by atoms with E-state index in [4.69, 9.17) is 0 Å². The summed E-state index contributed by atoms with van der Waals surface area (Å²) >= 11 is 1.82. The minimum atomic E-state index is -0.296. The fourth-order valence-corrected chi connectivity index (χ4v) is 2.44. The molecule has 0 spiro atoms. The van der Waals surface area contributed by atoms with Gasteiger partial charge in [-0.15, -0.1) is 0 Å². The molecule has 1 aromatic carbocycles. The van der Waals surface area contributed by atoms with Crippen LogP contribution >= 0.6 is 11.8 Å². The van der Waals surface area contributed by atoms with Crippen molar-refractivity contribution in [2.75, 3.05) is 11.5 Å². The van der Waals surface area contributed by atoms with Gasteiger partial charge in [0.05, 0.1) is 0 Å². The first-order valence-electron chi connectivity index (χ1n) is 6.10. The second kappa shape index (κ2) is 8.29. The molecule has 17 heavy (non-hydrogen) atoms. The molecule has 0 fully saturated rings. The van der Waals surface area contributed by atoms with E-state index in [-0.39, 0.29) is 11.6 Å². The van der Waals surface area contributed by atoms with Gasteiger partial charge in [-0.3, -0.25) is 4.79 Å². The van der Waals surface area contributed by atoms with Gasteiger partial charge in [0, 0.05) is 17.7 Å². The van der Waals surface area contributed by atoms with E-state index in [1.165, 1.54) is 31.4 Å². The van der Waals surface area contributed by atoms with Crippen LogP contribution in [0.1, 0.15) is 43.0 Å². The quantitative estimate of drug-likeness (QED) is 0.507. The monoisotopic (exact) mass is 254 g/mol. The Labute approximate surface area is 107 Å². The number of unbranched alkanes of at least 4 members (excludes halogenated alkanes) is 2. The van der Waals surface area contributed by atoms with E-state index in [0.717, 1.165) is 11.5 Å². The summed E-state index contributed by atoms with van der Waals surface area (Å²) in [5.41, 5.74) is 0.612. The third kappa shape index (κ3) is 5.87. The summed E-state index contributed by atoms with van der Waals surface area (Å²) in [6.07, 6.45) is 4.27. The van der Waals surface area contributed by atoms with Crippen molar-refractivity contribution in [1.82, 2.24) is 0 Å². The second-order valence-corrected chi connectivity index (χ2v) is 5.22. The van der Waals surface area contributed by atoms with E-state index in [2.05, 4.69) is 6.92 Å². The zero-order valence-electron chi connectivity index (χ0n) is 10.2. The van der Waals surface area contributed by atoms with Crippen molar-refractivity contribution in [3.63, 3.8) is 0 Å². The van der Waals surface area contributed by atoms with Crippen molar-refractivity contribution in [2.24, 2.45) is 0 Å². The number of thioether (sulfide) groups is 1. The van der Waals surface area contributed by atoms with Gasteiger partial charge in [0.2, 0.25) is 0 Å². The Kier molecular flexibility index (Phi) is 6.94. The number of Topliss-reactive ketones (excluding diaryl/α,β-unsaturated/α-hetero) is 1. The Morgan fingerprint density at radius 2 is 1.88 bits per heavy atom. The summed E-state index contributed by atoms with van der Waals surface area (Å²) in [5, 5.41) is 0. The first-order chi connectivity index (χ1) is 8.24. The Bertz CT molecular complexity index is 335. The number of benzene rings is 1. The average molecular weight is 254 g/mol. The highest BCUT2D eigenvalue weighted by Gasteiger charge is 2.05. The standard InChI is InChI=1S/C14H19FOS/c1-2-3-4-10-17-11-9-14(16)12-5-7-13(15)8-6-12/h5-8H,2-4,9-11H2,1H3. The van der Waals surface area contributed by atoms with Crippen molar-refractivity contribution >= 4 is 17.5 Å². The van der Waals surface area contributed by atoms with Crippen LogP contribution in [-0.2, 0) is 0 Å². The second-order valence-electron chi connectivity index (χ2n) is 4.00. The van der Waals surface area contributed by atoms with Gasteiger partial charge in [-0.1, -0.05) is 19.8 Å². The van der Waals surface area contributed by atoms with E-state index in [1.807, 2.05) is 11.8 Å². The first kappa shape index (κ1) is 14.2. The molecule has 0 heterocycles. The van der Waals surface area contributed by atoms with Gasteiger partial charge in [0.25, 0.3) is 0 Å². The van der Waals surface area contributed by atoms with E-state index in [1.54, 1.807) is 12.1 Å². The molecule has 1 aromatic rings. The summed E-state index contributed by atoms with van der Waals surface area (Å²) < 4.78 is 12.7. The van der Waals surface area contributed by atoms with Gasteiger partial charge in [0.1, 0.15) is 5.82 Å². The number of hydrogen-bond acceptors (Lipinski definition) is 2. The molecule has 1 rings (SSSR count). The summed E-state index contributed by atoms with van der Waals surface area (Å²) in [4.78, 5) is 11.7. The molecule has 0 atom stereocenters. The van der Waals surface area contributed by atoms with E-state index >= 15 is 0 Å². The van der Waals surface area contributed by atoms with Gasteiger partial charge in [0.15, 0.2) is 5.78 Å². The van der Waals surface area contributed by atoms with Crippen LogP contribution in [0.2, 0.25) is 0 Å². The van der Waals surface area contributed by atoms with Gasteiger partial charge in [-0.2, -0.15) is 11.8 Å². The van der Waals surface area contributed by atoms with Crippen molar-refractivity contribution in [3.8, 4) is 0 Å². The predicted octanol–water partition coefficient (Wildman–Crippen LogP) is 4.32.